The van der Waals surface area contributed by atoms with Gasteiger partial charge in [0, 0.05) is 0 Å². The molecule has 0 aromatic heterocycles. The van der Waals surface area contributed by atoms with Crippen molar-refractivity contribution in [1.82, 2.24) is 0 Å². The molecule has 0 saturated carbocycles. The Balaban J connectivity index is -0.0000000138. The molecule has 0 rings (SSSR count). The van der Waals surface area contributed by atoms with Crippen molar-refractivity contribution in [3.8, 4) is 0 Å². The van der Waals surface area contributed by atoms with E-state index < -0.39 is 73.9 Å². The van der Waals surface area contributed by atoms with Crippen LogP contribution in [-0.4, -0.2) is 196 Å². The van der Waals surface area contributed by atoms with Crippen molar-refractivity contribution >= 4 is 73.9 Å². The first-order chi connectivity index (χ1) is 20.8. The third-order valence-corrected chi connectivity index (χ3v) is 0. The Morgan fingerprint density at radius 1 is 0.154 bits per heavy atom. The standard InChI is InChI=1S/12CH2O3.4Na.4H/c12*2-1(3)4;;;;;;;;/h12*(H2,2,3,4);;;;;;;;/q;;;;;;;;;;;;4*+1;4*-1. The zero-order chi connectivity index (χ0) is 42.9. The van der Waals surface area contributed by atoms with Crippen LogP contribution in [0.3, 0.4) is 0 Å². The van der Waals surface area contributed by atoms with E-state index >= 15 is 0 Å². The Hall–Kier alpha value is -4.76. The average Bonchev–Trinajstić information content (AvgIpc) is 2.61. The summed E-state index contributed by atoms with van der Waals surface area (Å²) in [5, 5.41) is 167. The third kappa shape index (κ3) is 3910. The molecule has 0 saturated heterocycles. The van der Waals surface area contributed by atoms with Gasteiger partial charge in [0.15, 0.2) is 0 Å². The first-order valence-electron chi connectivity index (χ1n) is 7.82. The van der Waals surface area contributed by atoms with E-state index in [-0.39, 0.29) is 124 Å². The minimum atomic E-state index is -1.83. The van der Waals surface area contributed by atoms with Gasteiger partial charge in [0.25, 0.3) is 0 Å². The molecule has 0 aromatic rings. The summed E-state index contributed by atoms with van der Waals surface area (Å²) in [5.41, 5.74) is 0. The molecule has 52 heavy (non-hydrogen) atoms. The topological polar surface area (TPSA) is 690 Å². The summed E-state index contributed by atoms with van der Waals surface area (Å²) in [4.78, 5) is 103. The molecule has 0 unspecified atom stereocenters. The van der Waals surface area contributed by atoms with E-state index in [1.54, 1.807) is 0 Å². The van der Waals surface area contributed by atoms with Crippen LogP contribution < -0.4 is 118 Å². The summed E-state index contributed by atoms with van der Waals surface area (Å²) in [5.74, 6) is 0. The molecule has 0 atom stereocenters. The Morgan fingerprint density at radius 2 is 0.154 bits per heavy atom. The monoisotopic (exact) mass is 840 g/mol. The molecule has 24 N–H and O–H groups in total. The normalized spacial score (nSPS) is 5.54. The number of hydrogen-bond acceptors (Lipinski definition) is 12. The van der Waals surface area contributed by atoms with Crippen molar-refractivity contribution in [3.63, 3.8) is 0 Å². The number of carbonyl (C=O) groups is 12. The second-order valence-corrected chi connectivity index (χ2v) is 3.39. The summed E-state index contributed by atoms with van der Waals surface area (Å²) in [6.07, 6.45) is -22.0. The van der Waals surface area contributed by atoms with Gasteiger partial charge in [0.2, 0.25) is 0 Å². The van der Waals surface area contributed by atoms with E-state index in [4.69, 9.17) is 180 Å². The van der Waals surface area contributed by atoms with E-state index in [1.165, 1.54) is 0 Å². The fraction of sp³-hybridized carbons (Fsp3) is 0. The van der Waals surface area contributed by atoms with E-state index in [9.17, 15) is 0 Å². The largest absolute Gasteiger partial charge is 1.00 e. The fourth-order valence-corrected chi connectivity index (χ4v) is 0. The van der Waals surface area contributed by atoms with Crippen LogP contribution in [0.2, 0.25) is 0 Å². The van der Waals surface area contributed by atoms with Gasteiger partial charge < -0.3 is 128 Å². The molecule has 0 bridgehead atoms. The van der Waals surface area contributed by atoms with Crippen molar-refractivity contribution in [2.24, 2.45) is 0 Å². The molecule has 0 fully saturated rings. The van der Waals surface area contributed by atoms with E-state index in [1.807, 2.05) is 0 Å². The molecule has 0 amide bonds. The molecule has 40 heteroatoms. The summed E-state index contributed by atoms with van der Waals surface area (Å²) in [6.45, 7) is 0. The number of hydrogen-bond donors (Lipinski definition) is 24. The zero-order valence-corrected chi connectivity index (χ0v) is 33.6. The smallest absolute Gasteiger partial charge is 1.00 e. The summed E-state index contributed by atoms with van der Waals surface area (Å²) in [6, 6.07) is 0. The van der Waals surface area contributed by atoms with Crippen LogP contribution in [0, 0.1) is 0 Å². The average molecular weight is 840 g/mol. The van der Waals surface area contributed by atoms with Crippen molar-refractivity contribution in [2.45, 2.75) is 0 Å². The van der Waals surface area contributed by atoms with E-state index in [0.29, 0.717) is 0 Å². The molecule has 0 aliphatic rings. The molecular weight excluding hydrogens is 812 g/mol. The number of rotatable bonds is 0. The van der Waals surface area contributed by atoms with Crippen molar-refractivity contribution in [3.05, 3.63) is 0 Å². The van der Waals surface area contributed by atoms with Crippen LogP contribution in [0.25, 0.3) is 0 Å². The zero-order valence-electron chi connectivity index (χ0n) is 29.6. The molecule has 0 aliphatic carbocycles. The minimum absolute atomic E-state index is 0. The van der Waals surface area contributed by atoms with Crippen molar-refractivity contribution in [2.75, 3.05) is 0 Å². The Morgan fingerprint density at radius 3 is 0.154 bits per heavy atom. The van der Waals surface area contributed by atoms with Gasteiger partial charge in [0.05, 0.1) is 0 Å². The molecule has 0 spiro atoms. The fourth-order valence-electron chi connectivity index (χ4n) is 0. The second kappa shape index (κ2) is 97.0. The van der Waals surface area contributed by atoms with E-state index in [2.05, 4.69) is 0 Å². The maximum absolute atomic E-state index is 8.56. The maximum atomic E-state index is 8.56. The quantitative estimate of drug-likeness (QED) is 0.101. The molecular formula is C12H28Na4O36. The second-order valence-electron chi connectivity index (χ2n) is 3.39. The third-order valence-electron chi connectivity index (χ3n) is 0. The molecule has 0 aromatic carbocycles. The Kier molecular flexibility index (Phi) is 193. The first-order valence-corrected chi connectivity index (χ1v) is 7.82. The Bertz CT molecular complexity index is 614. The molecule has 0 heterocycles. The van der Waals surface area contributed by atoms with Gasteiger partial charge in [-0.1, -0.05) is 0 Å². The van der Waals surface area contributed by atoms with Crippen molar-refractivity contribution in [1.29, 1.82) is 0 Å². The van der Waals surface area contributed by atoms with Gasteiger partial charge >= 0.3 is 192 Å². The van der Waals surface area contributed by atoms with Gasteiger partial charge in [-0.2, -0.15) is 0 Å². The molecule has 36 nitrogen and oxygen atoms in total. The van der Waals surface area contributed by atoms with E-state index in [0.717, 1.165) is 0 Å². The predicted molar refractivity (Wildman–Crippen MR) is 132 cm³/mol. The minimum Gasteiger partial charge on any atom is -1.00 e. The summed E-state index contributed by atoms with van der Waals surface area (Å²) in [7, 11) is 0. The van der Waals surface area contributed by atoms with Gasteiger partial charge in [-0.05, 0) is 0 Å². The maximum Gasteiger partial charge on any atom is 1.00 e. The SMILES string of the molecule is O=C(O)O.O=C(O)O.O=C(O)O.O=C(O)O.O=C(O)O.O=C(O)O.O=C(O)O.O=C(O)O.O=C(O)O.O=C(O)O.O=C(O)O.O=C(O)O.[H-].[H-].[H-].[H-].[Na+].[Na+].[Na+].[Na+]. The van der Waals surface area contributed by atoms with Gasteiger partial charge in [-0.25, -0.2) is 57.5 Å². The van der Waals surface area contributed by atoms with Crippen LogP contribution in [0.5, 0.6) is 0 Å². The van der Waals surface area contributed by atoms with Crippen LogP contribution >= 0.6 is 0 Å². The molecule has 0 radical (unpaired) electrons. The predicted octanol–water partition coefficient (Wildman–Crippen LogP) is -8.87. The summed E-state index contributed by atoms with van der Waals surface area (Å²) >= 11 is 0. The van der Waals surface area contributed by atoms with Crippen molar-refractivity contribution < 1.29 is 304 Å². The van der Waals surface area contributed by atoms with Crippen LogP contribution in [0.15, 0.2) is 0 Å². The van der Waals surface area contributed by atoms with Crippen LogP contribution in [0.4, 0.5) is 57.5 Å². The van der Waals surface area contributed by atoms with Crippen LogP contribution in [-0.2, 0) is 0 Å². The van der Waals surface area contributed by atoms with Gasteiger partial charge in [0.1, 0.15) is 0 Å². The Labute approximate surface area is 374 Å². The summed E-state index contributed by atoms with van der Waals surface area (Å²) < 4.78 is 0. The number of carboxylic acid groups (broad SMARTS) is 24. The first kappa shape index (κ1) is 103. The molecule has 296 valence electrons. The van der Waals surface area contributed by atoms with Gasteiger partial charge in [-0.3, -0.25) is 0 Å². The van der Waals surface area contributed by atoms with Crippen LogP contribution in [0.1, 0.15) is 5.71 Å². The van der Waals surface area contributed by atoms with Gasteiger partial charge in [-0.15, -0.1) is 0 Å². The molecule has 0 aliphatic heterocycles.